The van der Waals surface area contributed by atoms with Gasteiger partial charge < -0.3 is 4.57 Å². The van der Waals surface area contributed by atoms with Crippen molar-refractivity contribution in [3.63, 3.8) is 0 Å². The summed E-state index contributed by atoms with van der Waals surface area (Å²) >= 11 is 1.72. The average molecular weight is 279 g/mol. The van der Waals surface area contributed by atoms with Crippen LogP contribution in [-0.2, 0) is 7.05 Å². The van der Waals surface area contributed by atoms with Crippen LogP contribution >= 0.6 is 11.8 Å². The van der Waals surface area contributed by atoms with Crippen molar-refractivity contribution in [3.05, 3.63) is 30.1 Å². The number of thioether (sulfide) groups is 1. The van der Waals surface area contributed by atoms with E-state index in [1.807, 2.05) is 11.6 Å². The highest BCUT2D eigenvalue weighted by atomic mass is 32.2. The fourth-order valence-corrected chi connectivity index (χ4v) is 2.72. The molecule has 0 bridgehead atoms. The van der Waals surface area contributed by atoms with Gasteiger partial charge in [0.2, 0.25) is 0 Å². The topological polar surface area (TPSA) is 30.7 Å². The molecule has 0 amide bonds. The number of hydrogen-bond acceptors (Lipinski definition) is 3. The summed E-state index contributed by atoms with van der Waals surface area (Å²) in [5.74, 6) is 1.60. The maximum Gasteiger partial charge on any atom is 0.191 e. The molecule has 19 heavy (non-hydrogen) atoms. The van der Waals surface area contributed by atoms with E-state index in [0.717, 1.165) is 22.3 Å². The van der Waals surface area contributed by atoms with Gasteiger partial charge in [0.25, 0.3) is 0 Å². The van der Waals surface area contributed by atoms with Crippen LogP contribution in [0.15, 0.2) is 29.4 Å². The fraction of sp³-hybridized carbons (Fsp3) is 0.429. The summed E-state index contributed by atoms with van der Waals surface area (Å²) in [4.78, 5) is 0. The molecule has 0 unspecified atom stereocenters. The Balaban J connectivity index is 2.07. The lowest BCUT2D eigenvalue weighted by molar-refractivity contribution is 0.628. The molecule has 0 fully saturated rings. The van der Waals surface area contributed by atoms with Gasteiger partial charge in [0.15, 0.2) is 11.0 Å². The lowest BCUT2D eigenvalue weighted by atomic mass is 10.2. The van der Waals surface area contributed by atoms with Crippen LogP contribution in [0, 0.1) is 5.82 Å². The Bertz CT molecular complexity index is 522. The number of rotatable bonds is 6. The molecule has 0 atom stereocenters. The molecule has 0 N–H and O–H groups in total. The Hall–Kier alpha value is -1.36. The first kappa shape index (κ1) is 14.1. The van der Waals surface area contributed by atoms with E-state index in [1.54, 1.807) is 23.9 Å². The van der Waals surface area contributed by atoms with Crippen molar-refractivity contribution in [2.24, 2.45) is 7.05 Å². The van der Waals surface area contributed by atoms with Gasteiger partial charge in [-0.2, -0.15) is 0 Å². The quantitative estimate of drug-likeness (QED) is 0.593. The minimum Gasteiger partial charge on any atom is -0.305 e. The summed E-state index contributed by atoms with van der Waals surface area (Å²) < 4.78 is 14.9. The Morgan fingerprint density at radius 1 is 1.16 bits per heavy atom. The predicted octanol–water partition coefficient (Wildman–Crippen LogP) is 3.90. The first-order valence-corrected chi connectivity index (χ1v) is 7.49. The molecule has 0 radical (unpaired) electrons. The van der Waals surface area contributed by atoms with Crippen molar-refractivity contribution in [1.82, 2.24) is 14.8 Å². The predicted molar refractivity (Wildman–Crippen MR) is 76.6 cm³/mol. The van der Waals surface area contributed by atoms with Crippen molar-refractivity contribution in [2.75, 3.05) is 5.75 Å². The normalized spacial score (nSPS) is 10.9. The summed E-state index contributed by atoms with van der Waals surface area (Å²) in [6.45, 7) is 2.19. The number of aromatic nitrogens is 3. The van der Waals surface area contributed by atoms with Gasteiger partial charge in [0.1, 0.15) is 5.82 Å². The summed E-state index contributed by atoms with van der Waals surface area (Å²) in [5.41, 5.74) is 0.886. The third-order valence-corrected chi connectivity index (χ3v) is 4.02. The highest BCUT2D eigenvalue weighted by molar-refractivity contribution is 7.99. The van der Waals surface area contributed by atoms with Gasteiger partial charge in [-0.15, -0.1) is 10.2 Å². The number of unbranched alkanes of at least 4 members (excludes halogenated alkanes) is 2. The zero-order chi connectivity index (χ0) is 13.7. The summed E-state index contributed by atoms with van der Waals surface area (Å²) in [5, 5.41) is 9.29. The molecular weight excluding hydrogens is 261 g/mol. The number of benzene rings is 1. The van der Waals surface area contributed by atoms with E-state index in [0.29, 0.717) is 0 Å². The van der Waals surface area contributed by atoms with Crippen LogP contribution in [0.1, 0.15) is 26.2 Å². The molecule has 1 heterocycles. The second-order valence-electron chi connectivity index (χ2n) is 4.43. The Labute approximate surface area is 117 Å². The van der Waals surface area contributed by atoms with E-state index in [4.69, 9.17) is 0 Å². The van der Waals surface area contributed by atoms with Crippen LogP contribution in [-0.4, -0.2) is 20.5 Å². The lowest BCUT2D eigenvalue weighted by Crippen LogP contribution is -1.95. The minimum atomic E-state index is -0.236. The Morgan fingerprint density at radius 3 is 2.58 bits per heavy atom. The molecule has 5 heteroatoms. The van der Waals surface area contributed by atoms with Crippen molar-refractivity contribution in [2.45, 2.75) is 31.3 Å². The molecule has 0 aliphatic rings. The van der Waals surface area contributed by atoms with E-state index in [9.17, 15) is 4.39 Å². The van der Waals surface area contributed by atoms with E-state index in [2.05, 4.69) is 17.1 Å². The number of halogens is 1. The zero-order valence-corrected chi connectivity index (χ0v) is 12.1. The summed E-state index contributed by atoms with van der Waals surface area (Å²) in [7, 11) is 1.95. The van der Waals surface area contributed by atoms with Crippen molar-refractivity contribution >= 4 is 11.8 Å². The number of nitrogens with zero attached hydrogens (tertiary/aromatic N) is 3. The van der Waals surface area contributed by atoms with Gasteiger partial charge >= 0.3 is 0 Å². The Morgan fingerprint density at radius 2 is 1.89 bits per heavy atom. The Kier molecular flexibility index (Phi) is 4.96. The van der Waals surface area contributed by atoms with Crippen LogP contribution in [0.3, 0.4) is 0 Å². The smallest absolute Gasteiger partial charge is 0.191 e. The maximum atomic E-state index is 12.9. The van der Waals surface area contributed by atoms with E-state index in [1.165, 1.54) is 31.4 Å². The second-order valence-corrected chi connectivity index (χ2v) is 5.49. The highest BCUT2D eigenvalue weighted by Crippen LogP contribution is 2.23. The summed E-state index contributed by atoms with van der Waals surface area (Å²) in [6.07, 6.45) is 3.66. The van der Waals surface area contributed by atoms with E-state index < -0.39 is 0 Å². The lowest BCUT2D eigenvalue weighted by Gasteiger charge is -2.03. The number of hydrogen-bond donors (Lipinski definition) is 0. The van der Waals surface area contributed by atoms with Crippen LogP contribution in [0.4, 0.5) is 4.39 Å². The van der Waals surface area contributed by atoms with Crippen molar-refractivity contribution in [1.29, 1.82) is 0 Å². The molecule has 1 aromatic heterocycles. The van der Waals surface area contributed by atoms with Crippen LogP contribution in [0.2, 0.25) is 0 Å². The molecule has 2 aromatic rings. The van der Waals surface area contributed by atoms with Gasteiger partial charge in [-0.25, -0.2) is 4.39 Å². The van der Waals surface area contributed by atoms with Crippen molar-refractivity contribution in [3.8, 4) is 11.4 Å². The average Bonchev–Trinajstić information content (AvgIpc) is 2.77. The van der Waals surface area contributed by atoms with Crippen LogP contribution in [0.5, 0.6) is 0 Å². The molecular formula is C14H18FN3S. The van der Waals surface area contributed by atoms with Gasteiger partial charge in [0, 0.05) is 18.4 Å². The molecule has 2 rings (SSSR count). The van der Waals surface area contributed by atoms with Crippen LogP contribution < -0.4 is 0 Å². The molecule has 0 saturated carbocycles. The maximum absolute atomic E-state index is 12.9. The SMILES string of the molecule is CCCCCSc1nnc(-c2ccc(F)cc2)n1C. The van der Waals surface area contributed by atoms with Gasteiger partial charge in [-0.1, -0.05) is 31.5 Å². The molecule has 0 aliphatic carbocycles. The third-order valence-electron chi connectivity index (χ3n) is 2.92. The summed E-state index contributed by atoms with van der Waals surface area (Å²) in [6, 6.07) is 6.34. The fourth-order valence-electron chi connectivity index (χ4n) is 1.81. The van der Waals surface area contributed by atoms with Gasteiger partial charge in [0.05, 0.1) is 0 Å². The minimum absolute atomic E-state index is 0.236. The third kappa shape index (κ3) is 3.56. The van der Waals surface area contributed by atoms with Gasteiger partial charge in [-0.3, -0.25) is 0 Å². The molecule has 0 aliphatic heterocycles. The first-order valence-electron chi connectivity index (χ1n) is 6.50. The standard InChI is InChI=1S/C14H18FN3S/c1-3-4-5-10-19-14-17-16-13(18(14)2)11-6-8-12(15)9-7-11/h6-9H,3-5,10H2,1-2H3. The largest absolute Gasteiger partial charge is 0.305 e. The van der Waals surface area contributed by atoms with E-state index >= 15 is 0 Å². The second kappa shape index (κ2) is 6.70. The van der Waals surface area contributed by atoms with Gasteiger partial charge in [-0.05, 0) is 30.7 Å². The van der Waals surface area contributed by atoms with E-state index in [-0.39, 0.29) is 5.82 Å². The molecule has 0 spiro atoms. The van der Waals surface area contributed by atoms with Crippen molar-refractivity contribution < 1.29 is 4.39 Å². The molecule has 3 nitrogen and oxygen atoms in total. The molecule has 102 valence electrons. The first-order chi connectivity index (χ1) is 9.22. The molecule has 0 saturated heterocycles. The zero-order valence-electron chi connectivity index (χ0n) is 11.3. The monoisotopic (exact) mass is 279 g/mol. The van der Waals surface area contributed by atoms with Crippen LogP contribution in [0.25, 0.3) is 11.4 Å². The molecule has 1 aromatic carbocycles. The highest BCUT2D eigenvalue weighted by Gasteiger charge is 2.10.